The molecule has 0 bridgehead atoms. The van der Waals surface area contributed by atoms with Gasteiger partial charge in [-0.25, -0.2) is 9.97 Å². The Kier molecular flexibility index (Phi) is 4.17. The molecule has 7 nitrogen and oxygen atoms in total. The van der Waals surface area contributed by atoms with E-state index in [2.05, 4.69) is 20.6 Å². The summed E-state index contributed by atoms with van der Waals surface area (Å²) < 4.78 is 7.67. The average molecular weight is 327 g/mol. The lowest BCUT2D eigenvalue weighted by atomic mass is 9.92. The lowest BCUT2D eigenvalue weighted by Gasteiger charge is -2.36. The van der Waals surface area contributed by atoms with Gasteiger partial charge in [-0.05, 0) is 31.4 Å². The number of nitrogens with one attached hydrogen (secondary N) is 2. The molecule has 1 unspecified atom stereocenters. The topological polar surface area (TPSA) is 81.1 Å². The number of carbonyl (C=O) groups excluding carboxylic acids is 1. The largest absolute Gasteiger partial charge is 0.376 e. The smallest absolute Gasteiger partial charge is 0.220 e. The summed E-state index contributed by atoms with van der Waals surface area (Å²) in [6.45, 7) is 0.776. The van der Waals surface area contributed by atoms with Crippen molar-refractivity contribution in [2.24, 2.45) is 0 Å². The summed E-state index contributed by atoms with van der Waals surface area (Å²) in [6.07, 6.45) is 8.76. The van der Waals surface area contributed by atoms with Gasteiger partial charge in [-0.3, -0.25) is 9.36 Å². The van der Waals surface area contributed by atoms with Crippen LogP contribution in [0.5, 0.6) is 0 Å². The first kappa shape index (κ1) is 15.1. The number of nitrogens with zero attached hydrogens (tertiary/aromatic N) is 3. The van der Waals surface area contributed by atoms with Crippen LogP contribution < -0.4 is 10.6 Å². The molecule has 2 saturated heterocycles. The highest BCUT2D eigenvalue weighted by molar-refractivity contribution is 5.77. The Hall–Kier alpha value is -2.41. The zero-order chi connectivity index (χ0) is 16.4. The molecule has 3 atom stereocenters. The number of carbonyl (C=O) groups is 1. The molecule has 0 aromatic carbocycles. The Morgan fingerprint density at radius 1 is 1.33 bits per heavy atom. The summed E-state index contributed by atoms with van der Waals surface area (Å²) in [7, 11) is 0. The Bertz CT molecular complexity index is 697. The van der Waals surface area contributed by atoms with Gasteiger partial charge in [0.05, 0.1) is 18.2 Å². The highest BCUT2D eigenvalue weighted by atomic mass is 16.5. The molecule has 2 aromatic rings. The molecular weight excluding hydrogens is 306 g/mol. The van der Waals surface area contributed by atoms with Crippen LogP contribution in [0.4, 0.5) is 5.82 Å². The minimum absolute atomic E-state index is 0.00699. The van der Waals surface area contributed by atoms with Crippen LogP contribution in [0.1, 0.15) is 25.7 Å². The number of pyridine rings is 1. The van der Waals surface area contributed by atoms with Gasteiger partial charge in [-0.2, -0.15) is 0 Å². The zero-order valence-corrected chi connectivity index (χ0v) is 13.4. The Morgan fingerprint density at radius 2 is 2.29 bits per heavy atom. The van der Waals surface area contributed by atoms with Crippen molar-refractivity contribution in [1.29, 1.82) is 0 Å². The van der Waals surface area contributed by atoms with Crippen LogP contribution >= 0.6 is 0 Å². The van der Waals surface area contributed by atoms with E-state index in [1.54, 1.807) is 12.5 Å². The average Bonchev–Trinajstić information content (AvgIpc) is 3.30. The third kappa shape index (κ3) is 3.12. The summed E-state index contributed by atoms with van der Waals surface area (Å²) in [6, 6.07) is 5.97. The van der Waals surface area contributed by atoms with E-state index in [-0.39, 0.29) is 24.1 Å². The fraction of sp³-hybridized carbons (Fsp3) is 0.471. The molecule has 2 aromatic heterocycles. The van der Waals surface area contributed by atoms with Crippen LogP contribution in [-0.2, 0) is 9.53 Å². The van der Waals surface area contributed by atoms with Crippen LogP contribution in [0, 0.1) is 0 Å². The number of hydrogen-bond acceptors (Lipinski definition) is 5. The standard InChI is InChI=1S/C17H21N5O2/c23-16-7-6-12(17(21-16)13-3-2-10-24-13)19-14-4-1-5-15(20-14)22-9-8-18-11-22/h1,4-5,8-9,11-13,17H,2-3,6-7,10H2,(H,19,20)(H,21,23)/t12-,13?,17-/m0/s1. The maximum atomic E-state index is 11.8. The van der Waals surface area contributed by atoms with E-state index in [4.69, 9.17) is 4.74 Å². The molecular formula is C17H21N5O2. The molecule has 4 heterocycles. The molecule has 2 aliphatic rings. The second-order valence-corrected chi connectivity index (χ2v) is 6.29. The van der Waals surface area contributed by atoms with Crippen molar-refractivity contribution >= 4 is 11.7 Å². The summed E-state index contributed by atoms with van der Waals surface area (Å²) in [4.78, 5) is 20.5. The molecule has 0 aliphatic carbocycles. The van der Waals surface area contributed by atoms with Gasteiger partial charge in [0.25, 0.3) is 0 Å². The number of amides is 1. The molecule has 2 fully saturated rings. The Labute approximate surface area is 140 Å². The lowest BCUT2D eigenvalue weighted by molar-refractivity contribution is -0.124. The Morgan fingerprint density at radius 3 is 3.08 bits per heavy atom. The van der Waals surface area contributed by atoms with E-state index < -0.39 is 0 Å². The third-order valence-electron chi connectivity index (χ3n) is 4.65. The maximum Gasteiger partial charge on any atom is 0.220 e. The molecule has 0 saturated carbocycles. The van der Waals surface area contributed by atoms with Crippen LogP contribution in [0.2, 0.25) is 0 Å². The third-order valence-corrected chi connectivity index (χ3v) is 4.65. The number of piperidine rings is 1. The van der Waals surface area contributed by atoms with Crippen molar-refractivity contribution in [3.8, 4) is 5.82 Å². The highest BCUT2D eigenvalue weighted by Gasteiger charge is 2.36. The van der Waals surface area contributed by atoms with Gasteiger partial charge < -0.3 is 15.4 Å². The van der Waals surface area contributed by atoms with Crippen molar-refractivity contribution in [3.63, 3.8) is 0 Å². The summed E-state index contributed by atoms with van der Waals surface area (Å²) in [5, 5.41) is 6.59. The van der Waals surface area contributed by atoms with E-state index in [1.807, 2.05) is 29.0 Å². The van der Waals surface area contributed by atoms with Crippen LogP contribution in [0.3, 0.4) is 0 Å². The first-order chi connectivity index (χ1) is 11.8. The van der Waals surface area contributed by atoms with Crippen molar-refractivity contribution in [3.05, 3.63) is 36.9 Å². The molecule has 126 valence electrons. The highest BCUT2D eigenvalue weighted by Crippen LogP contribution is 2.24. The maximum absolute atomic E-state index is 11.8. The molecule has 0 spiro atoms. The first-order valence-corrected chi connectivity index (χ1v) is 8.42. The van der Waals surface area contributed by atoms with Crippen LogP contribution in [0.15, 0.2) is 36.9 Å². The lowest BCUT2D eigenvalue weighted by Crippen LogP contribution is -2.56. The monoisotopic (exact) mass is 327 g/mol. The fourth-order valence-corrected chi connectivity index (χ4v) is 3.46. The molecule has 1 amide bonds. The number of aromatic nitrogens is 3. The van der Waals surface area contributed by atoms with Gasteiger partial charge in [-0.1, -0.05) is 6.07 Å². The summed E-state index contributed by atoms with van der Waals surface area (Å²) in [5.41, 5.74) is 0. The van der Waals surface area contributed by atoms with Crippen molar-refractivity contribution in [2.45, 2.75) is 43.9 Å². The molecule has 4 rings (SSSR count). The molecule has 0 radical (unpaired) electrons. The van der Waals surface area contributed by atoms with Gasteiger partial charge in [0.15, 0.2) is 0 Å². The molecule has 7 heteroatoms. The normalized spacial score (nSPS) is 27.0. The van der Waals surface area contributed by atoms with Gasteiger partial charge in [0, 0.05) is 25.4 Å². The number of imidazole rings is 1. The van der Waals surface area contributed by atoms with Crippen LogP contribution in [0.25, 0.3) is 5.82 Å². The second-order valence-electron chi connectivity index (χ2n) is 6.29. The predicted octanol–water partition coefficient (Wildman–Crippen LogP) is 1.51. The van der Waals surface area contributed by atoms with E-state index >= 15 is 0 Å². The van der Waals surface area contributed by atoms with Crippen molar-refractivity contribution < 1.29 is 9.53 Å². The predicted molar refractivity (Wildman–Crippen MR) is 88.9 cm³/mol. The van der Waals surface area contributed by atoms with E-state index in [9.17, 15) is 4.79 Å². The number of rotatable bonds is 4. The minimum atomic E-state index is -0.00699. The summed E-state index contributed by atoms with van der Waals surface area (Å²) in [5.74, 6) is 1.71. The van der Waals surface area contributed by atoms with Crippen LogP contribution in [-0.4, -0.2) is 45.2 Å². The molecule has 2 aliphatic heterocycles. The second kappa shape index (κ2) is 6.60. The molecule has 24 heavy (non-hydrogen) atoms. The van der Waals surface area contributed by atoms with E-state index in [0.717, 1.165) is 37.5 Å². The quantitative estimate of drug-likeness (QED) is 0.889. The number of ether oxygens (including phenoxy) is 1. The zero-order valence-electron chi connectivity index (χ0n) is 13.4. The first-order valence-electron chi connectivity index (χ1n) is 8.42. The van der Waals surface area contributed by atoms with Gasteiger partial charge >= 0.3 is 0 Å². The summed E-state index contributed by atoms with van der Waals surface area (Å²) >= 11 is 0. The van der Waals surface area contributed by atoms with Crippen molar-refractivity contribution in [1.82, 2.24) is 19.9 Å². The number of hydrogen-bond donors (Lipinski definition) is 2. The fourth-order valence-electron chi connectivity index (χ4n) is 3.46. The molecule has 2 N–H and O–H groups in total. The Balaban J connectivity index is 1.52. The van der Waals surface area contributed by atoms with Crippen molar-refractivity contribution in [2.75, 3.05) is 11.9 Å². The van der Waals surface area contributed by atoms with Gasteiger partial charge in [-0.15, -0.1) is 0 Å². The van der Waals surface area contributed by atoms with E-state index in [0.29, 0.717) is 6.42 Å². The number of anilines is 1. The SMILES string of the molecule is O=C1CC[C@H](Nc2cccc(-n3ccnc3)n2)[C@@H](C2CCCO2)N1. The van der Waals surface area contributed by atoms with E-state index in [1.165, 1.54) is 0 Å². The van der Waals surface area contributed by atoms with Gasteiger partial charge in [0.1, 0.15) is 18.0 Å². The minimum Gasteiger partial charge on any atom is -0.376 e. The van der Waals surface area contributed by atoms with Gasteiger partial charge in [0.2, 0.25) is 5.91 Å².